The highest BCUT2D eigenvalue weighted by Gasteiger charge is 2.34. The molecular formula is C18H25NO4. The summed E-state index contributed by atoms with van der Waals surface area (Å²) in [6.45, 7) is 1.99. The molecule has 5 heteroatoms. The summed E-state index contributed by atoms with van der Waals surface area (Å²) in [7, 11) is 1.64. The van der Waals surface area contributed by atoms with Gasteiger partial charge in [0.1, 0.15) is 5.75 Å². The second-order valence-electron chi connectivity index (χ2n) is 6.34. The summed E-state index contributed by atoms with van der Waals surface area (Å²) >= 11 is 0. The van der Waals surface area contributed by atoms with Gasteiger partial charge in [-0.05, 0) is 56.7 Å². The second kappa shape index (κ2) is 7.99. The quantitative estimate of drug-likeness (QED) is 0.810. The summed E-state index contributed by atoms with van der Waals surface area (Å²) in [4.78, 5) is 23.2. The average molecular weight is 319 g/mol. The van der Waals surface area contributed by atoms with Crippen LogP contribution in [0.4, 0.5) is 0 Å². The minimum absolute atomic E-state index is 0.00372. The van der Waals surface area contributed by atoms with Gasteiger partial charge in [-0.25, -0.2) is 0 Å². The molecule has 23 heavy (non-hydrogen) atoms. The molecule has 1 fully saturated rings. The van der Waals surface area contributed by atoms with Gasteiger partial charge in [0.2, 0.25) is 5.91 Å². The lowest BCUT2D eigenvalue weighted by Crippen LogP contribution is -2.37. The number of benzene rings is 1. The van der Waals surface area contributed by atoms with Crippen molar-refractivity contribution in [1.82, 2.24) is 5.32 Å². The highest BCUT2D eigenvalue weighted by molar-refractivity contribution is 5.81. The largest absolute Gasteiger partial charge is 0.497 e. The van der Waals surface area contributed by atoms with Crippen molar-refractivity contribution in [2.45, 2.75) is 45.1 Å². The number of carboxylic acids is 1. The number of carboxylic acid groups (broad SMARTS) is 1. The molecule has 3 atom stereocenters. The van der Waals surface area contributed by atoms with Crippen molar-refractivity contribution < 1.29 is 19.4 Å². The molecule has 1 amide bonds. The predicted octanol–water partition coefficient (Wildman–Crippen LogP) is 2.63. The number of rotatable bonds is 7. The lowest BCUT2D eigenvalue weighted by molar-refractivity contribution is -0.141. The minimum atomic E-state index is -0.784. The molecule has 0 aliphatic heterocycles. The average Bonchev–Trinajstić information content (AvgIpc) is 3.04. The maximum absolute atomic E-state index is 12.2. The first-order valence-electron chi connectivity index (χ1n) is 8.15. The van der Waals surface area contributed by atoms with Crippen LogP contribution in [0.5, 0.6) is 5.75 Å². The fourth-order valence-electron chi connectivity index (χ4n) is 3.05. The number of aliphatic carboxylic acids is 1. The molecule has 1 saturated carbocycles. The standard InChI is InChI=1S/C18H25NO4/c1-12(3-4-13-5-9-16(23-2)10-6-13)19-17(20)14-7-8-15(11-14)18(21)22/h5-6,9-10,12,14-15H,3-4,7-8,11H2,1-2H3,(H,19,20)(H,21,22)/t12?,14-,15+/m1/s1. The Bertz CT molecular complexity index is 540. The Balaban J connectivity index is 1.74. The van der Waals surface area contributed by atoms with Crippen LogP contribution in [0.15, 0.2) is 24.3 Å². The van der Waals surface area contributed by atoms with E-state index in [9.17, 15) is 9.59 Å². The van der Waals surface area contributed by atoms with Crippen molar-refractivity contribution in [3.63, 3.8) is 0 Å². The van der Waals surface area contributed by atoms with Crippen LogP contribution in [-0.2, 0) is 16.0 Å². The summed E-state index contributed by atoms with van der Waals surface area (Å²) < 4.78 is 5.13. The first-order chi connectivity index (χ1) is 11.0. The molecule has 0 radical (unpaired) electrons. The van der Waals surface area contributed by atoms with E-state index < -0.39 is 5.97 Å². The number of nitrogens with one attached hydrogen (secondary N) is 1. The van der Waals surface area contributed by atoms with Gasteiger partial charge in [-0.2, -0.15) is 0 Å². The summed E-state index contributed by atoms with van der Waals surface area (Å²) in [5, 5.41) is 12.0. The topological polar surface area (TPSA) is 75.6 Å². The Morgan fingerprint density at radius 2 is 1.91 bits per heavy atom. The van der Waals surface area contributed by atoms with Crippen LogP contribution in [-0.4, -0.2) is 30.1 Å². The first-order valence-corrected chi connectivity index (χ1v) is 8.15. The number of hydrogen-bond acceptors (Lipinski definition) is 3. The maximum Gasteiger partial charge on any atom is 0.306 e. The number of methoxy groups -OCH3 is 1. The molecule has 2 N–H and O–H groups in total. The molecule has 0 heterocycles. The Morgan fingerprint density at radius 1 is 1.26 bits per heavy atom. The lowest BCUT2D eigenvalue weighted by Gasteiger charge is -2.17. The Hall–Kier alpha value is -2.04. The Kier molecular flexibility index (Phi) is 6.02. The molecule has 1 aromatic rings. The third kappa shape index (κ3) is 4.98. The van der Waals surface area contributed by atoms with E-state index in [1.807, 2.05) is 31.2 Å². The molecule has 126 valence electrons. The van der Waals surface area contributed by atoms with Crippen LogP contribution in [0.25, 0.3) is 0 Å². The SMILES string of the molecule is COc1ccc(CCC(C)NC(=O)[C@@H]2CC[C@H](C(=O)O)C2)cc1. The normalized spacial score (nSPS) is 21.7. The van der Waals surface area contributed by atoms with Crippen molar-refractivity contribution in [1.29, 1.82) is 0 Å². The zero-order valence-corrected chi connectivity index (χ0v) is 13.7. The van der Waals surface area contributed by atoms with E-state index in [0.29, 0.717) is 19.3 Å². The summed E-state index contributed by atoms with van der Waals surface area (Å²) in [5.41, 5.74) is 1.21. The number of carbonyl (C=O) groups excluding carboxylic acids is 1. The van der Waals surface area contributed by atoms with E-state index >= 15 is 0 Å². The second-order valence-corrected chi connectivity index (χ2v) is 6.34. The van der Waals surface area contributed by atoms with Gasteiger partial charge < -0.3 is 15.2 Å². The zero-order chi connectivity index (χ0) is 16.8. The van der Waals surface area contributed by atoms with Gasteiger partial charge in [-0.3, -0.25) is 9.59 Å². The molecular weight excluding hydrogens is 294 g/mol. The highest BCUT2D eigenvalue weighted by Crippen LogP contribution is 2.31. The monoisotopic (exact) mass is 319 g/mol. The number of amides is 1. The number of ether oxygens (including phenoxy) is 1. The number of aryl methyl sites for hydroxylation is 1. The molecule has 0 spiro atoms. The first kappa shape index (κ1) is 17.3. The van der Waals surface area contributed by atoms with E-state index in [-0.39, 0.29) is 23.8 Å². The van der Waals surface area contributed by atoms with Crippen LogP contribution in [0.3, 0.4) is 0 Å². The Labute approximate surface area is 137 Å². The van der Waals surface area contributed by atoms with Crippen molar-refractivity contribution >= 4 is 11.9 Å². The van der Waals surface area contributed by atoms with Gasteiger partial charge in [0, 0.05) is 12.0 Å². The third-order valence-electron chi connectivity index (χ3n) is 4.57. The fourth-order valence-corrected chi connectivity index (χ4v) is 3.05. The van der Waals surface area contributed by atoms with Gasteiger partial charge >= 0.3 is 5.97 Å². The summed E-state index contributed by atoms with van der Waals surface area (Å²) in [5.74, 6) is -0.465. The Morgan fingerprint density at radius 3 is 2.48 bits per heavy atom. The van der Waals surface area contributed by atoms with Crippen molar-refractivity contribution in [2.75, 3.05) is 7.11 Å². The molecule has 0 bridgehead atoms. The van der Waals surface area contributed by atoms with Crippen LogP contribution in [0.1, 0.15) is 38.2 Å². The van der Waals surface area contributed by atoms with E-state index in [2.05, 4.69) is 5.32 Å². The van der Waals surface area contributed by atoms with E-state index in [4.69, 9.17) is 9.84 Å². The molecule has 1 unspecified atom stereocenters. The van der Waals surface area contributed by atoms with E-state index in [0.717, 1.165) is 18.6 Å². The van der Waals surface area contributed by atoms with Gasteiger partial charge in [-0.1, -0.05) is 12.1 Å². The van der Waals surface area contributed by atoms with Gasteiger partial charge in [-0.15, -0.1) is 0 Å². The number of hydrogen-bond donors (Lipinski definition) is 2. The van der Waals surface area contributed by atoms with Crippen LogP contribution >= 0.6 is 0 Å². The smallest absolute Gasteiger partial charge is 0.306 e. The summed E-state index contributed by atoms with van der Waals surface area (Å²) in [6, 6.07) is 8.00. The molecule has 2 rings (SSSR count). The molecule has 0 aromatic heterocycles. The molecule has 1 aliphatic rings. The number of carbonyl (C=O) groups is 2. The minimum Gasteiger partial charge on any atom is -0.497 e. The highest BCUT2D eigenvalue weighted by atomic mass is 16.5. The predicted molar refractivity (Wildman–Crippen MR) is 87.4 cm³/mol. The fraction of sp³-hybridized carbons (Fsp3) is 0.556. The molecule has 5 nitrogen and oxygen atoms in total. The molecule has 1 aromatic carbocycles. The van der Waals surface area contributed by atoms with Crippen LogP contribution in [0.2, 0.25) is 0 Å². The van der Waals surface area contributed by atoms with Crippen LogP contribution in [0, 0.1) is 11.8 Å². The lowest BCUT2D eigenvalue weighted by atomic mass is 10.0. The van der Waals surface area contributed by atoms with Gasteiger partial charge in [0.05, 0.1) is 13.0 Å². The molecule has 0 saturated heterocycles. The third-order valence-corrected chi connectivity index (χ3v) is 4.57. The maximum atomic E-state index is 12.2. The zero-order valence-electron chi connectivity index (χ0n) is 13.7. The van der Waals surface area contributed by atoms with E-state index in [1.165, 1.54) is 5.56 Å². The molecule has 1 aliphatic carbocycles. The van der Waals surface area contributed by atoms with Crippen molar-refractivity contribution in [3.05, 3.63) is 29.8 Å². The van der Waals surface area contributed by atoms with Gasteiger partial charge in [0.15, 0.2) is 0 Å². The van der Waals surface area contributed by atoms with Crippen molar-refractivity contribution in [2.24, 2.45) is 11.8 Å². The van der Waals surface area contributed by atoms with E-state index in [1.54, 1.807) is 7.11 Å². The van der Waals surface area contributed by atoms with Crippen LogP contribution < -0.4 is 10.1 Å². The van der Waals surface area contributed by atoms with Crippen molar-refractivity contribution in [3.8, 4) is 5.75 Å². The van der Waals surface area contributed by atoms with Gasteiger partial charge in [0.25, 0.3) is 0 Å². The summed E-state index contributed by atoms with van der Waals surface area (Å²) in [6.07, 6.45) is 3.48.